The number of alkyl halides is 3. The van der Waals surface area contributed by atoms with Gasteiger partial charge in [0.15, 0.2) is 0 Å². The lowest BCUT2D eigenvalue weighted by molar-refractivity contribution is -0.274. The average Bonchev–Trinajstić information content (AvgIpc) is 2.82. The van der Waals surface area contributed by atoms with E-state index in [0.29, 0.717) is 12.8 Å². The van der Waals surface area contributed by atoms with Gasteiger partial charge in [0.25, 0.3) is 0 Å². The van der Waals surface area contributed by atoms with Crippen molar-refractivity contribution in [2.45, 2.75) is 24.1 Å². The van der Waals surface area contributed by atoms with E-state index >= 15 is 0 Å². The Balaban J connectivity index is 1.43. The molecular formula is C24H23F3N2O4S. The van der Waals surface area contributed by atoms with Gasteiger partial charge in [0.1, 0.15) is 5.75 Å². The first-order chi connectivity index (χ1) is 16.0. The van der Waals surface area contributed by atoms with Gasteiger partial charge in [0, 0.05) is 37.8 Å². The van der Waals surface area contributed by atoms with E-state index in [2.05, 4.69) is 4.74 Å². The number of hydrogen-bond donors (Lipinski definition) is 0. The van der Waals surface area contributed by atoms with Crippen molar-refractivity contribution < 1.29 is 31.1 Å². The zero-order valence-corrected chi connectivity index (χ0v) is 19.1. The molecule has 1 aliphatic rings. The minimum absolute atomic E-state index is 0.0919. The highest BCUT2D eigenvalue weighted by atomic mass is 32.2. The largest absolute Gasteiger partial charge is 0.573 e. The molecule has 0 unspecified atom stereocenters. The van der Waals surface area contributed by atoms with E-state index in [1.165, 1.54) is 16.4 Å². The van der Waals surface area contributed by atoms with Crippen LogP contribution in [-0.4, -0.2) is 45.1 Å². The Kier molecular flexibility index (Phi) is 6.55. The van der Waals surface area contributed by atoms with Crippen molar-refractivity contribution in [3.63, 3.8) is 0 Å². The molecule has 6 nitrogen and oxygen atoms in total. The number of ether oxygens (including phenoxy) is 1. The van der Waals surface area contributed by atoms with E-state index in [9.17, 15) is 26.4 Å². The predicted molar refractivity (Wildman–Crippen MR) is 122 cm³/mol. The second-order valence-electron chi connectivity index (χ2n) is 8.13. The third-order valence-corrected chi connectivity index (χ3v) is 7.83. The number of benzene rings is 3. The standard InChI is InChI=1S/C24H23F3N2O4S/c1-28(20-10-9-17-5-2-3-6-19(17)15-20)23(30)18-11-13-29(14-12-18)34(31,32)22-8-4-7-21(16-22)33-24(25,26)27/h2-10,15-16,18H,11-14H2,1H3. The zero-order chi connectivity index (χ0) is 24.5. The van der Waals surface area contributed by atoms with Gasteiger partial charge in [-0.1, -0.05) is 36.4 Å². The van der Waals surface area contributed by atoms with Gasteiger partial charge in [-0.15, -0.1) is 13.2 Å². The summed E-state index contributed by atoms with van der Waals surface area (Å²) >= 11 is 0. The summed E-state index contributed by atoms with van der Waals surface area (Å²) in [5, 5.41) is 2.08. The molecular weight excluding hydrogens is 469 g/mol. The molecule has 1 saturated heterocycles. The summed E-state index contributed by atoms with van der Waals surface area (Å²) in [5.74, 6) is -1.06. The van der Waals surface area contributed by atoms with E-state index in [1.807, 2.05) is 42.5 Å². The van der Waals surface area contributed by atoms with Crippen LogP contribution in [0.25, 0.3) is 10.8 Å². The highest BCUT2D eigenvalue weighted by Gasteiger charge is 2.35. The molecule has 0 aromatic heterocycles. The van der Waals surface area contributed by atoms with Gasteiger partial charge in [0.2, 0.25) is 15.9 Å². The summed E-state index contributed by atoms with van der Waals surface area (Å²) in [5.41, 5.74) is 0.750. The molecule has 10 heteroatoms. The van der Waals surface area contributed by atoms with Crippen LogP contribution in [0.4, 0.5) is 18.9 Å². The summed E-state index contributed by atoms with van der Waals surface area (Å²) in [4.78, 5) is 14.4. The third kappa shape index (κ3) is 5.18. The molecule has 1 amide bonds. The first-order valence-corrected chi connectivity index (χ1v) is 12.1. The van der Waals surface area contributed by atoms with E-state index in [-0.39, 0.29) is 29.8 Å². The monoisotopic (exact) mass is 492 g/mol. The number of rotatable bonds is 5. The first-order valence-electron chi connectivity index (χ1n) is 10.7. The van der Waals surface area contributed by atoms with Gasteiger partial charge >= 0.3 is 6.36 Å². The van der Waals surface area contributed by atoms with Crippen molar-refractivity contribution in [2.75, 3.05) is 25.0 Å². The zero-order valence-electron chi connectivity index (χ0n) is 18.3. The van der Waals surface area contributed by atoms with Crippen LogP contribution >= 0.6 is 0 Å². The second kappa shape index (κ2) is 9.27. The second-order valence-corrected chi connectivity index (χ2v) is 10.1. The van der Waals surface area contributed by atoms with Crippen LogP contribution in [0, 0.1) is 5.92 Å². The van der Waals surface area contributed by atoms with Crippen LogP contribution in [0.1, 0.15) is 12.8 Å². The summed E-state index contributed by atoms with van der Waals surface area (Å²) in [7, 11) is -2.33. The number of carbonyl (C=O) groups excluding carboxylic acids is 1. The fourth-order valence-electron chi connectivity index (χ4n) is 4.11. The number of carbonyl (C=O) groups is 1. The first kappa shape index (κ1) is 24.0. The highest BCUT2D eigenvalue weighted by molar-refractivity contribution is 7.89. The number of anilines is 1. The van der Waals surface area contributed by atoms with Crippen molar-refractivity contribution in [1.82, 2.24) is 4.31 Å². The van der Waals surface area contributed by atoms with E-state index in [1.54, 1.807) is 11.9 Å². The van der Waals surface area contributed by atoms with Gasteiger partial charge in [-0.05, 0) is 47.9 Å². The molecule has 0 saturated carbocycles. The van der Waals surface area contributed by atoms with Crippen LogP contribution in [0.2, 0.25) is 0 Å². The number of sulfonamides is 1. The Morgan fingerprint density at radius 1 is 0.971 bits per heavy atom. The van der Waals surface area contributed by atoms with Crippen molar-refractivity contribution in [3.05, 3.63) is 66.7 Å². The third-order valence-electron chi connectivity index (χ3n) is 5.93. The fourth-order valence-corrected chi connectivity index (χ4v) is 5.62. The molecule has 3 aromatic rings. The summed E-state index contributed by atoms with van der Waals surface area (Å²) in [6.07, 6.45) is -4.29. The number of fused-ring (bicyclic) bond motifs is 1. The van der Waals surface area contributed by atoms with Gasteiger partial charge < -0.3 is 9.64 Å². The Morgan fingerprint density at radius 2 is 1.65 bits per heavy atom. The van der Waals surface area contributed by atoms with Gasteiger partial charge in [-0.2, -0.15) is 4.31 Å². The maximum atomic E-state index is 13.1. The molecule has 1 fully saturated rings. The van der Waals surface area contributed by atoms with Gasteiger partial charge in [-0.3, -0.25) is 4.79 Å². The lowest BCUT2D eigenvalue weighted by Gasteiger charge is -2.32. The lowest BCUT2D eigenvalue weighted by Crippen LogP contribution is -2.43. The summed E-state index contributed by atoms with van der Waals surface area (Å²) in [6, 6.07) is 17.9. The minimum atomic E-state index is -4.92. The molecule has 4 rings (SSSR count). The number of halogens is 3. The normalized spacial score (nSPS) is 15.9. The van der Waals surface area contributed by atoms with Crippen molar-refractivity contribution in [2.24, 2.45) is 5.92 Å². The lowest BCUT2D eigenvalue weighted by atomic mass is 9.96. The van der Waals surface area contributed by atoms with Crippen LogP contribution in [-0.2, 0) is 14.8 Å². The smallest absolute Gasteiger partial charge is 0.406 e. The summed E-state index contributed by atoms with van der Waals surface area (Å²) < 4.78 is 68.4. The van der Waals surface area contributed by atoms with Crippen LogP contribution in [0.3, 0.4) is 0 Å². The molecule has 0 radical (unpaired) electrons. The van der Waals surface area contributed by atoms with E-state index in [4.69, 9.17) is 0 Å². The molecule has 180 valence electrons. The minimum Gasteiger partial charge on any atom is -0.406 e. The van der Waals surface area contributed by atoms with E-state index in [0.717, 1.165) is 28.6 Å². The van der Waals surface area contributed by atoms with Gasteiger partial charge in [0.05, 0.1) is 4.90 Å². The Labute approximate surface area is 195 Å². The van der Waals surface area contributed by atoms with Crippen LogP contribution in [0.5, 0.6) is 5.75 Å². The SMILES string of the molecule is CN(C(=O)C1CCN(S(=O)(=O)c2cccc(OC(F)(F)F)c2)CC1)c1ccc2ccccc2c1. The molecule has 1 aliphatic heterocycles. The number of amides is 1. The molecule has 34 heavy (non-hydrogen) atoms. The Hall–Kier alpha value is -3.11. The van der Waals surface area contributed by atoms with Gasteiger partial charge in [-0.25, -0.2) is 8.42 Å². The Morgan fingerprint density at radius 3 is 2.32 bits per heavy atom. The van der Waals surface area contributed by atoms with Crippen LogP contribution in [0.15, 0.2) is 71.6 Å². The topological polar surface area (TPSA) is 66.9 Å². The highest BCUT2D eigenvalue weighted by Crippen LogP contribution is 2.30. The number of hydrogen-bond acceptors (Lipinski definition) is 4. The molecule has 0 bridgehead atoms. The van der Waals surface area contributed by atoms with E-state index < -0.39 is 22.1 Å². The van der Waals surface area contributed by atoms with Crippen molar-refractivity contribution in [1.29, 1.82) is 0 Å². The number of nitrogens with zero attached hydrogens (tertiary/aromatic N) is 2. The van der Waals surface area contributed by atoms with Crippen molar-refractivity contribution in [3.8, 4) is 5.75 Å². The number of piperidine rings is 1. The predicted octanol–water partition coefficient (Wildman–Crippen LogP) is 4.80. The fraction of sp³-hybridized carbons (Fsp3) is 0.292. The molecule has 0 N–H and O–H groups in total. The maximum absolute atomic E-state index is 13.1. The average molecular weight is 493 g/mol. The Bertz CT molecular complexity index is 1300. The molecule has 0 atom stereocenters. The maximum Gasteiger partial charge on any atom is 0.573 e. The quantitative estimate of drug-likeness (QED) is 0.513. The summed E-state index contributed by atoms with van der Waals surface area (Å²) in [6.45, 7) is 0.184. The van der Waals surface area contributed by atoms with Crippen LogP contribution < -0.4 is 9.64 Å². The van der Waals surface area contributed by atoms with Crippen molar-refractivity contribution >= 4 is 32.4 Å². The molecule has 1 heterocycles. The molecule has 3 aromatic carbocycles. The molecule has 0 aliphatic carbocycles. The molecule has 0 spiro atoms.